The molecule has 0 aliphatic heterocycles. The van der Waals surface area contributed by atoms with Crippen molar-refractivity contribution < 1.29 is 19.7 Å². The second kappa shape index (κ2) is 5.15. The van der Waals surface area contributed by atoms with E-state index < -0.39 is 17.2 Å². The fourth-order valence-corrected chi connectivity index (χ4v) is 0.501. The third-order valence-corrected chi connectivity index (χ3v) is 1.80. The minimum atomic E-state index is -1.18. The molecule has 0 radical (unpaired) electrons. The molecular weight excluding hydrogens is 196 g/mol. The zero-order valence-corrected chi connectivity index (χ0v) is 9.88. The van der Waals surface area contributed by atoms with Crippen molar-refractivity contribution in [1.82, 2.24) is 0 Å². The number of rotatable bonds is 4. The number of hydrogen-bond donors (Lipinski definition) is 1. The van der Waals surface area contributed by atoms with Crippen LogP contribution in [0.5, 0.6) is 0 Å². The van der Waals surface area contributed by atoms with E-state index >= 15 is 0 Å². The Bertz CT molecular complexity index is 281. The first-order valence-corrected chi connectivity index (χ1v) is 4.81. The molecule has 0 aromatic carbocycles. The summed E-state index contributed by atoms with van der Waals surface area (Å²) in [6.07, 6.45) is 0.787. The van der Waals surface area contributed by atoms with E-state index in [0.717, 1.165) is 6.42 Å². The monoisotopic (exact) mass is 214 g/mol. The summed E-state index contributed by atoms with van der Waals surface area (Å²) in [5.74, 6) is 3.28. The summed E-state index contributed by atoms with van der Waals surface area (Å²) in [7, 11) is 0. The van der Waals surface area contributed by atoms with Gasteiger partial charge in [-0.2, -0.15) is 0 Å². The zero-order valence-electron chi connectivity index (χ0n) is 9.88. The van der Waals surface area contributed by atoms with Gasteiger partial charge in [-0.15, -0.1) is 0 Å². The molecule has 1 N–H and O–H groups in total. The average molecular weight is 214 g/mol. The van der Waals surface area contributed by atoms with Crippen molar-refractivity contribution in [3.8, 4) is 11.8 Å². The quantitative estimate of drug-likeness (QED) is 0.441. The zero-order chi connectivity index (χ0) is 12.1. The SMILES string of the molecule is CCC(C)(C)OOC(C)(C)C#CC(=O)O. The lowest BCUT2D eigenvalue weighted by molar-refractivity contribution is -0.388. The van der Waals surface area contributed by atoms with Crippen LogP contribution in [0.25, 0.3) is 0 Å². The van der Waals surface area contributed by atoms with Crippen molar-refractivity contribution in [1.29, 1.82) is 0 Å². The van der Waals surface area contributed by atoms with Gasteiger partial charge in [-0.25, -0.2) is 14.6 Å². The highest BCUT2D eigenvalue weighted by Crippen LogP contribution is 2.18. The summed E-state index contributed by atoms with van der Waals surface area (Å²) < 4.78 is 0. The van der Waals surface area contributed by atoms with Gasteiger partial charge in [0.05, 0.1) is 5.60 Å². The summed E-state index contributed by atoms with van der Waals surface area (Å²) in [5.41, 5.74) is -1.33. The second-order valence-electron chi connectivity index (χ2n) is 4.35. The summed E-state index contributed by atoms with van der Waals surface area (Å²) in [6.45, 7) is 9.03. The highest BCUT2D eigenvalue weighted by molar-refractivity contribution is 5.86. The molecule has 4 heteroatoms. The molecule has 0 aromatic heterocycles. The Kier molecular flexibility index (Phi) is 4.79. The average Bonchev–Trinajstić information content (AvgIpc) is 2.13. The Morgan fingerprint density at radius 2 is 1.80 bits per heavy atom. The molecule has 0 unspecified atom stereocenters. The smallest absolute Gasteiger partial charge is 0.382 e. The summed E-state index contributed by atoms with van der Waals surface area (Å²) in [5, 5.41) is 8.38. The molecule has 0 aliphatic rings. The fourth-order valence-electron chi connectivity index (χ4n) is 0.501. The van der Waals surface area contributed by atoms with Crippen LogP contribution in [0.3, 0.4) is 0 Å². The molecule has 0 bridgehead atoms. The number of aliphatic carboxylic acids is 1. The van der Waals surface area contributed by atoms with Crippen LogP contribution < -0.4 is 0 Å². The van der Waals surface area contributed by atoms with Crippen LogP contribution in [-0.4, -0.2) is 22.3 Å². The second-order valence-corrected chi connectivity index (χ2v) is 4.35. The molecular formula is C11H18O4. The minimum absolute atomic E-state index is 0.401. The molecule has 0 saturated heterocycles. The molecule has 0 heterocycles. The maximum Gasteiger partial charge on any atom is 0.382 e. The summed E-state index contributed by atoms with van der Waals surface area (Å²) >= 11 is 0. The van der Waals surface area contributed by atoms with Crippen LogP contribution in [0, 0.1) is 11.8 Å². The minimum Gasteiger partial charge on any atom is -0.472 e. The molecule has 86 valence electrons. The highest BCUT2D eigenvalue weighted by Gasteiger charge is 2.23. The standard InChI is InChI=1S/C11H18O4/c1-6-10(2,3)14-15-11(4,5)8-7-9(12)13/h6H2,1-5H3,(H,12,13). The van der Waals surface area contributed by atoms with Crippen LogP contribution in [0.15, 0.2) is 0 Å². The van der Waals surface area contributed by atoms with Crippen LogP contribution in [0.1, 0.15) is 41.0 Å². The van der Waals surface area contributed by atoms with E-state index in [-0.39, 0.29) is 0 Å². The van der Waals surface area contributed by atoms with Crippen LogP contribution in [0.4, 0.5) is 0 Å². The molecule has 4 nitrogen and oxygen atoms in total. The number of carboxylic acid groups (broad SMARTS) is 1. The van der Waals surface area contributed by atoms with Crippen molar-refractivity contribution in [3.63, 3.8) is 0 Å². The van der Waals surface area contributed by atoms with Crippen molar-refractivity contribution >= 4 is 5.97 Å². The molecule has 0 spiro atoms. The van der Waals surface area contributed by atoms with E-state index in [0.29, 0.717) is 0 Å². The lowest BCUT2D eigenvalue weighted by Gasteiger charge is -2.26. The van der Waals surface area contributed by atoms with Gasteiger partial charge in [-0.05, 0) is 34.1 Å². The van der Waals surface area contributed by atoms with E-state index in [1.54, 1.807) is 13.8 Å². The molecule has 15 heavy (non-hydrogen) atoms. The number of carbonyl (C=O) groups is 1. The predicted molar refractivity (Wildman–Crippen MR) is 56.0 cm³/mol. The Hall–Kier alpha value is -1.05. The number of carboxylic acids is 1. The third kappa shape index (κ3) is 6.95. The van der Waals surface area contributed by atoms with Gasteiger partial charge in [-0.3, -0.25) is 0 Å². The fraction of sp³-hybridized carbons (Fsp3) is 0.727. The normalized spacial score (nSPS) is 11.8. The topological polar surface area (TPSA) is 55.8 Å². The first kappa shape index (κ1) is 13.9. The molecule has 0 aromatic rings. The van der Waals surface area contributed by atoms with Crippen molar-refractivity contribution in [2.75, 3.05) is 0 Å². The Balaban J connectivity index is 4.29. The maximum atomic E-state index is 10.2. The molecule has 0 atom stereocenters. The molecule has 0 fully saturated rings. The van der Waals surface area contributed by atoms with Gasteiger partial charge in [0.15, 0.2) is 5.60 Å². The number of hydrogen-bond acceptors (Lipinski definition) is 3. The lowest BCUT2D eigenvalue weighted by atomic mass is 10.1. The van der Waals surface area contributed by atoms with E-state index in [9.17, 15) is 4.79 Å². The first-order chi connectivity index (χ1) is 6.68. The van der Waals surface area contributed by atoms with Gasteiger partial charge in [0, 0.05) is 5.92 Å². The highest BCUT2D eigenvalue weighted by atomic mass is 17.2. The van der Waals surface area contributed by atoms with Gasteiger partial charge >= 0.3 is 5.97 Å². The summed E-state index contributed by atoms with van der Waals surface area (Å²) in [6, 6.07) is 0. The van der Waals surface area contributed by atoms with Gasteiger partial charge in [0.2, 0.25) is 0 Å². The van der Waals surface area contributed by atoms with Crippen LogP contribution >= 0.6 is 0 Å². The van der Waals surface area contributed by atoms with E-state index in [1.165, 1.54) is 0 Å². The van der Waals surface area contributed by atoms with Crippen LogP contribution in [-0.2, 0) is 14.6 Å². The van der Waals surface area contributed by atoms with Gasteiger partial charge in [-0.1, -0.05) is 12.8 Å². The van der Waals surface area contributed by atoms with E-state index in [2.05, 4.69) is 5.92 Å². The third-order valence-electron chi connectivity index (χ3n) is 1.80. The van der Waals surface area contributed by atoms with Gasteiger partial charge in [0.25, 0.3) is 0 Å². The largest absolute Gasteiger partial charge is 0.472 e. The molecule has 0 aliphatic carbocycles. The maximum absolute atomic E-state index is 10.2. The van der Waals surface area contributed by atoms with Crippen LogP contribution in [0.2, 0.25) is 0 Å². The van der Waals surface area contributed by atoms with Crippen molar-refractivity contribution in [2.45, 2.75) is 52.2 Å². The molecule has 0 amide bonds. The van der Waals surface area contributed by atoms with Crippen molar-refractivity contribution in [2.24, 2.45) is 0 Å². The summed E-state index contributed by atoms with van der Waals surface area (Å²) in [4.78, 5) is 20.5. The molecule has 0 rings (SSSR count). The Morgan fingerprint density at radius 3 is 2.20 bits per heavy atom. The van der Waals surface area contributed by atoms with Gasteiger partial charge < -0.3 is 5.11 Å². The predicted octanol–water partition coefficient (Wildman–Crippen LogP) is 1.99. The van der Waals surface area contributed by atoms with Gasteiger partial charge in [0.1, 0.15) is 0 Å². The van der Waals surface area contributed by atoms with E-state index in [1.807, 2.05) is 26.7 Å². The first-order valence-electron chi connectivity index (χ1n) is 4.81. The molecule has 0 saturated carbocycles. The van der Waals surface area contributed by atoms with E-state index in [4.69, 9.17) is 14.9 Å². The Labute approximate surface area is 90.5 Å². The van der Waals surface area contributed by atoms with Crippen molar-refractivity contribution in [3.05, 3.63) is 0 Å². The Morgan fingerprint density at radius 1 is 1.27 bits per heavy atom. The lowest BCUT2D eigenvalue weighted by Crippen LogP contribution is -2.31.